The van der Waals surface area contributed by atoms with Gasteiger partial charge in [-0.15, -0.1) is 0 Å². The summed E-state index contributed by atoms with van der Waals surface area (Å²) in [6, 6.07) is 13.9. The maximum atomic E-state index is 12.2. The van der Waals surface area contributed by atoms with Crippen molar-refractivity contribution in [1.82, 2.24) is 0 Å². The van der Waals surface area contributed by atoms with Gasteiger partial charge >= 0.3 is 0 Å². The van der Waals surface area contributed by atoms with E-state index < -0.39 is 26.5 Å². The number of phenolic OH excluding ortho intramolecular Hbond substituents is 1. The lowest BCUT2D eigenvalue weighted by Gasteiger charge is -2.14. The summed E-state index contributed by atoms with van der Waals surface area (Å²) in [6.45, 7) is 10.3. The molecule has 0 aliphatic heterocycles. The van der Waals surface area contributed by atoms with Gasteiger partial charge in [0.1, 0.15) is 33.1 Å². The van der Waals surface area contributed by atoms with Gasteiger partial charge in [0.15, 0.2) is 5.78 Å². The van der Waals surface area contributed by atoms with Crippen molar-refractivity contribution in [2.75, 3.05) is 20.3 Å². The molecular weight excluding hydrogens is 568 g/mol. The number of rotatable bonds is 16. The normalized spacial score (nSPS) is 10.9. The van der Waals surface area contributed by atoms with Crippen LogP contribution in [0.15, 0.2) is 59.5 Å². The number of carbonyl (C=O) groups excluding carboxylic acids is 1. The van der Waals surface area contributed by atoms with Crippen LogP contribution < -0.4 is 14.2 Å². The molecule has 43 heavy (non-hydrogen) atoms. The maximum Gasteiger partial charge on any atom is 0.196 e. The molecule has 0 saturated heterocycles. The Morgan fingerprint density at radius 2 is 1.42 bits per heavy atom. The molecule has 0 saturated carbocycles. The molecule has 236 valence electrons. The van der Waals surface area contributed by atoms with Crippen molar-refractivity contribution >= 4 is 15.9 Å². The fourth-order valence-corrected chi connectivity index (χ4v) is 4.94. The molecule has 3 aromatic carbocycles. The van der Waals surface area contributed by atoms with E-state index in [0.717, 1.165) is 56.8 Å². The number of methoxy groups -OCH3 is 1. The molecule has 3 rings (SSSR count). The second kappa shape index (κ2) is 18.2. The van der Waals surface area contributed by atoms with Crippen LogP contribution in [0.25, 0.3) is 0 Å². The highest BCUT2D eigenvalue weighted by Crippen LogP contribution is 2.33. The van der Waals surface area contributed by atoms with Gasteiger partial charge in [0.05, 0.1) is 30.8 Å². The van der Waals surface area contributed by atoms with E-state index in [1.165, 1.54) is 61.8 Å². The summed E-state index contributed by atoms with van der Waals surface area (Å²) in [7, 11) is -3.68. The molecule has 0 fully saturated rings. The minimum atomic E-state index is -4.84. The molecule has 0 spiro atoms. The number of ketones is 1. The second-order valence-corrected chi connectivity index (χ2v) is 11.7. The Morgan fingerprint density at radius 3 is 1.98 bits per heavy atom. The third kappa shape index (κ3) is 11.6. The van der Waals surface area contributed by atoms with Gasteiger partial charge in [-0.3, -0.25) is 4.79 Å². The zero-order chi connectivity index (χ0) is 31.8. The quantitative estimate of drug-likeness (QED) is 0.0988. The lowest BCUT2D eigenvalue weighted by atomic mass is 10.0. The first kappa shape index (κ1) is 35.6. The van der Waals surface area contributed by atoms with Gasteiger partial charge in [-0.2, -0.15) is 0 Å². The topological polar surface area (TPSA) is 122 Å². The fourth-order valence-electron chi connectivity index (χ4n) is 4.29. The lowest BCUT2D eigenvalue weighted by Crippen LogP contribution is -2.07. The number of benzene rings is 3. The van der Waals surface area contributed by atoms with Crippen molar-refractivity contribution in [2.24, 2.45) is 0 Å². The molecule has 0 radical (unpaired) electrons. The van der Waals surface area contributed by atoms with Gasteiger partial charge < -0.3 is 23.9 Å². The van der Waals surface area contributed by atoms with Gasteiger partial charge in [-0.1, -0.05) is 82.7 Å². The van der Waals surface area contributed by atoms with Crippen LogP contribution in [0.1, 0.15) is 92.3 Å². The van der Waals surface area contributed by atoms with E-state index in [1.54, 1.807) is 18.2 Å². The highest BCUT2D eigenvalue weighted by Gasteiger charge is 2.20. The van der Waals surface area contributed by atoms with Crippen molar-refractivity contribution in [3.63, 3.8) is 0 Å². The van der Waals surface area contributed by atoms with Gasteiger partial charge in [-0.25, -0.2) is 8.42 Å². The van der Waals surface area contributed by atoms with Crippen LogP contribution in [0.4, 0.5) is 0 Å². The summed E-state index contributed by atoms with van der Waals surface area (Å²) >= 11 is 0. The molecular formula is C34H45O8S-. The first-order chi connectivity index (χ1) is 20.5. The van der Waals surface area contributed by atoms with Crippen molar-refractivity contribution in [3.05, 3.63) is 76.9 Å². The largest absolute Gasteiger partial charge is 0.744 e. The van der Waals surface area contributed by atoms with Gasteiger partial charge in [-0.05, 0) is 49.9 Å². The van der Waals surface area contributed by atoms with Crippen LogP contribution in [0.2, 0.25) is 0 Å². The fraction of sp³-hybridized carbons (Fsp3) is 0.441. The van der Waals surface area contributed by atoms with Gasteiger partial charge in [0.25, 0.3) is 0 Å². The van der Waals surface area contributed by atoms with Crippen LogP contribution in [-0.2, 0) is 10.1 Å². The summed E-state index contributed by atoms with van der Waals surface area (Å²) < 4.78 is 50.2. The number of aromatic hydroxyl groups is 1. The van der Waals surface area contributed by atoms with Crippen LogP contribution in [0, 0.1) is 13.8 Å². The van der Waals surface area contributed by atoms with E-state index >= 15 is 0 Å². The smallest absolute Gasteiger partial charge is 0.196 e. The third-order valence-electron chi connectivity index (χ3n) is 6.95. The number of unbranched alkanes of at least 4 members (excludes halogenated alkanes) is 6. The molecule has 0 aromatic heterocycles. The minimum Gasteiger partial charge on any atom is -0.744 e. The maximum absolute atomic E-state index is 12.2. The molecule has 0 amide bonds. The van der Waals surface area contributed by atoms with Crippen molar-refractivity contribution in [1.29, 1.82) is 0 Å². The number of phenols is 1. The Labute approximate surface area is 256 Å². The Bertz CT molecular complexity index is 1400. The van der Waals surface area contributed by atoms with Crippen LogP contribution >= 0.6 is 0 Å². The number of aryl methyl sites for hydroxylation is 1. The summed E-state index contributed by atoms with van der Waals surface area (Å²) in [5.41, 5.74) is 2.45. The predicted octanol–water partition coefficient (Wildman–Crippen LogP) is 7.76. The van der Waals surface area contributed by atoms with Crippen LogP contribution in [0.3, 0.4) is 0 Å². The van der Waals surface area contributed by atoms with E-state index in [4.69, 9.17) is 14.2 Å². The Morgan fingerprint density at radius 1 is 0.814 bits per heavy atom. The average molecular weight is 614 g/mol. The van der Waals surface area contributed by atoms with Crippen molar-refractivity contribution in [3.8, 4) is 23.0 Å². The second-order valence-electron chi connectivity index (χ2n) is 10.4. The summed E-state index contributed by atoms with van der Waals surface area (Å²) in [5, 5.41) is 9.85. The standard InChI is InChI=1S/C20H34O2.C14H12O6S/c1-5-7-9-11-13-21-19-15-17(3)18(4)20(16-19)22-14-12-10-8-6-2;1-20-12-8-11(15)10(7-13(12)21(17,18)19)14(16)9-5-3-2-4-6-9/h15-16H,5-14H2,1-4H3;2-8,15H,1H3,(H,17,18,19)/p-1. The van der Waals surface area contributed by atoms with Crippen molar-refractivity contribution in [2.45, 2.75) is 84.0 Å². The predicted molar refractivity (Wildman–Crippen MR) is 168 cm³/mol. The van der Waals surface area contributed by atoms with Gasteiger partial charge in [0, 0.05) is 17.7 Å². The number of ether oxygens (including phenoxy) is 3. The monoisotopic (exact) mass is 613 g/mol. The molecule has 0 bridgehead atoms. The number of carbonyl (C=O) groups is 1. The zero-order valence-electron chi connectivity index (χ0n) is 26.0. The SMILES string of the molecule is CCCCCCOc1cc(C)c(C)c(OCCCCCC)c1.COc1cc(O)c(C(=O)c2ccccc2)cc1S(=O)(=O)[O-]. The molecule has 0 unspecified atom stereocenters. The molecule has 3 aromatic rings. The van der Waals surface area contributed by atoms with Gasteiger partial charge in [0.2, 0.25) is 0 Å². The lowest BCUT2D eigenvalue weighted by molar-refractivity contribution is 0.103. The highest BCUT2D eigenvalue weighted by molar-refractivity contribution is 7.85. The number of hydrogen-bond acceptors (Lipinski definition) is 8. The average Bonchev–Trinajstić information content (AvgIpc) is 2.98. The Hall–Kier alpha value is -3.56. The molecule has 0 heterocycles. The summed E-state index contributed by atoms with van der Waals surface area (Å²) in [4.78, 5) is 11.6. The van der Waals surface area contributed by atoms with E-state index in [2.05, 4.69) is 39.8 Å². The van der Waals surface area contributed by atoms with Crippen LogP contribution in [0.5, 0.6) is 23.0 Å². The molecule has 1 N–H and O–H groups in total. The van der Waals surface area contributed by atoms with Crippen LogP contribution in [-0.4, -0.2) is 44.2 Å². The molecule has 0 aliphatic carbocycles. The Balaban J connectivity index is 0.000000300. The third-order valence-corrected chi connectivity index (χ3v) is 7.80. The van der Waals surface area contributed by atoms with E-state index in [1.807, 2.05) is 0 Å². The Kier molecular flexibility index (Phi) is 15.1. The first-order valence-electron chi connectivity index (χ1n) is 14.9. The molecule has 8 nitrogen and oxygen atoms in total. The minimum absolute atomic E-state index is 0.257. The van der Waals surface area contributed by atoms with Crippen molar-refractivity contribution < 1.29 is 37.1 Å². The molecule has 9 heteroatoms. The van der Waals surface area contributed by atoms with E-state index in [9.17, 15) is 22.9 Å². The summed E-state index contributed by atoms with van der Waals surface area (Å²) in [5.74, 6) is 0.559. The van der Waals surface area contributed by atoms with E-state index in [0.29, 0.717) is 0 Å². The summed E-state index contributed by atoms with van der Waals surface area (Å²) in [6.07, 6.45) is 9.89. The highest BCUT2D eigenvalue weighted by atomic mass is 32.2. The zero-order valence-corrected chi connectivity index (χ0v) is 26.8. The first-order valence-corrected chi connectivity index (χ1v) is 16.3. The van der Waals surface area contributed by atoms with E-state index in [-0.39, 0.29) is 16.9 Å². The molecule has 0 atom stereocenters. The number of hydrogen-bond donors (Lipinski definition) is 1. The molecule has 0 aliphatic rings.